The number of ether oxygens (including phenoxy) is 1. The quantitative estimate of drug-likeness (QED) is 0.791. The number of aryl methyl sites for hydroxylation is 1. The first kappa shape index (κ1) is 18.4. The number of piperidine rings is 1. The Kier molecular flexibility index (Phi) is 5.91. The van der Waals surface area contributed by atoms with Crippen molar-refractivity contribution in [3.05, 3.63) is 34.9 Å². The lowest BCUT2D eigenvalue weighted by atomic mass is 9.96. The maximum atomic E-state index is 14.1. The molecule has 1 fully saturated rings. The molecule has 24 heavy (non-hydrogen) atoms. The third-order valence-corrected chi connectivity index (χ3v) is 4.17. The van der Waals surface area contributed by atoms with Gasteiger partial charge in [0, 0.05) is 13.1 Å². The molecule has 132 valence electrons. The Morgan fingerprint density at radius 3 is 2.46 bits per heavy atom. The number of esters is 1. The van der Waals surface area contributed by atoms with Crippen LogP contribution in [0.3, 0.4) is 0 Å². The Labute approximate surface area is 140 Å². The minimum atomic E-state index is -0.860. The van der Waals surface area contributed by atoms with Crippen LogP contribution in [0.2, 0.25) is 0 Å². The third kappa shape index (κ3) is 4.10. The summed E-state index contributed by atoms with van der Waals surface area (Å²) in [7, 11) is 0. The smallest absolute Gasteiger partial charge is 0.309 e. The van der Waals surface area contributed by atoms with Gasteiger partial charge in [-0.2, -0.15) is 0 Å². The van der Waals surface area contributed by atoms with Gasteiger partial charge in [0.1, 0.15) is 17.2 Å². The van der Waals surface area contributed by atoms with Gasteiger partial charge in [-0.15, -0.1) is 0 Å². The van der Waals surface area contributed by atoms with E-state index < -0.39 is 23.1 Å². The van der Waals surface area contributed by atoms with Crippen LogP contribution in [0.25, 0.3) is 0 Å². The summed E-state index contributed by atoms with van der Waals surface area (Å²) in [4.78, 5) is 25.8. The summed E-state index contributed by atoms with van der Waals surface area (Å²) >= 11 is 0. The predicted molar refractivity (Wildman–Crippen MR) is 85.5 cm³/mol. The second-order valence-corrected chi connectivity index (χ2v) is 6.64. The summed E-state index contributed by atoms with van der Waals surface area (Å²) in [5, 5.41) is 0. The highest BCUT2D eigenvalue weighted by molar-refractivity contribution is 5.95. The van der Waals surface area contributed by atoms with Gasteiger partial charge in [0.2, 0.25) is 0 Å². The van der Waals surface area contributed by atoms with E-state index in [1.807, 2.05) is 13.8 Å². The molecule has 0 aliphatic carbocycles. The topological polar surface area (TPSA) is 46.6 Å². The second-order valence-electron chi connectivity index (χ2n) is 6.64. The summed E-state index contributed by atoms with van der Waals surface area (Å²) < 4.78 is 33.2. The van der Waals surface area contributed by atoms with Crippen LogP contribution in [-0.2, 0) is 9.53 Å². The summed E-state index contributed by atoms with van der Waals surface area (Å²) in [6.07, 6.45) is 0.884. The van der Waals surface area contributed by atoms with Gasteiger partial charge in [-0.3, -0.25) is 9.59 Å². The Morgan fingerprint density at radius 2 is 1.88 bits per heavy atom. The maximum Gasteiger partial charge on any atom is 0.309 e. The number of amides is 1. The fourth-order valence-electron chi connectivity index (χ4n) is 2.70. The zero-order chi connectivity index (χ0) is 17.9. The molecule has 4 nitrogen and oxygen atoms in total. The average molecular weight is 339 g/mol. The van der Waals surface area contributed by atoms with Gasteiger partial charge in [0.05, 0.1) is 12.5 Å². The molecule has 1 amide bonds. The molecule has 0 bridgehead atoms. The first-order valence-corrected chi connectivity index (χ1v) is 8.21. The van der Waals surface area contributed by atoms with E-state index in [-0.39, 0.29) is 36.5 Å². The highest BCUT2D eigenvalue weighted by Gasteiger charge is 2.31. The Bertz CT molecular complexity index is 623. The number of halogens is 2. The maximum absolute atomic E-state index is 14.1. The van der Waals surface area contributed by atoms with Crippen molar-refractivity contribution in [2.45, 2.75) is 33.6 Å². The fraction of sp³-hybridized carbons (Fsp3) is 0.556. The van der Waals surface area contributed by atoms with E-state index in [9.17, 15) is 18.4 Å². The molecule has 6 heteroatoms. The number of hydrogen-bond acceptors (Lipinski definition) is 3. The molecular weight excluding hydrogens is 316 g/mol. The molecule has 0 unspecified atom stereocenters. The normalized spacial score (nSPS) is 15.7. The van der Waals surface area contributed by atoms with Crippen molar-refractivity contribution in [2.24, 2.45) is 11.8 Å². The summed E-state index contributed by atoms with van der Waals surface area (Å²) in [5.41, 5.74) is -0.289. The molecule has 1 aliphatic rings. The molecule has 2 rings (SSSR count). The number of carbonyl (C=O) groups is 2. The van der Waals surface area contributed by atoms with Gasteiger partial charge < -0.3 is 9.64 Å². The molecular formula is C18H23F2NO3. The number of likely N-dealkylation sites (tertiary alicyclic amines) is 1. The van der Waals surface area contributed by atoms with Crippen LogP contribution in [0.5, 0.6) is 0 Å². The molecule has 0 atom stereocenters. The summed E-state index contributed by atoms with van der Waals surface area (Å²) in [5.74, 6) is -2.60. The van der Waals surface area contributed by atoms with Crippen LogP contribution < -0.4 is 0 Å². The second kappa shape index (κ2) is 7.73. The van der Waals surface area contributed by atoms with Crippen molar-refractivity contribution in [3.63, 3.8) is 0 Å². The minimum absolute atomic E-state index is 0.229. The third-order valence-electron chi connectivity index (χ3n) is 4.17. The zero-order valence-electron chi connectivity index (χ0n) is 14.3. The first-order chi connectivity index (χ1) is 11.3. The highest BCUT2D eigenvalue weighted by atomic mass is 19.1. The van der Waals surface area contributed by atoms with Crippen molar-refractivity contribution in [1.82, 2.24) is 4.90 Å². The molecule has 0 saturated carbocycles. The molecule has 0 aromatic heterocycles. The summed E-state index contributed by atoms with van der Waals surface area (Å²) in [6, 6.07) is 2.40. The van der Waals surface area contributed by atoms with Crippen LogP contribution in [0.1, 0.15) is 42.6 Å². The fourth-order valence-corrected chi connectivity index (χ4v) is 2.70. The molecule has 1 aliphatic heterocycles. The largest absolute Gasteiger partial charge is 0.465 e. The Balaban J connectivity index is 1.99. The van der Waals surface area contributed by atoms with E-state index in [1.54, 1.807) is 0 Å². The molecule has 1 aromatic rings. The number of carbonyl (C=O) groups excluding carboxylic acids is 2. The van der Waals surface area contributed by atoms with Crippen molar-refractivity contribution >= 4 is 11.9 Å². The van der Waals surface area contributed by atoms with Gasteiger partial charge in [-0.05, 0) is 37.3 Å². The first-order valence-electron chi connectivity index (χ1n) is 8.21. The number of hydrogen-bond donors (Lipinski definition) is 0. The molecule has 0 N–H and O–H groups in total. The summed E-state index contributed by atoms with van der Waals surface area (Å²) in [6.45, 7) is 6.35. The lowest BCUT2D eigenvalue weighted by molar-refractivity contribution is -0.151. The van der Waals surface area contributed by atoms with Crippen LogP contribution in [0, 0.1) is 30.4 Å². The average Bonchev–Trinajstić information content (AvgIpc) is 2.56. The van der Waals surface area contributed by atoms with E-state index in [0.29, 0.717) is 19.4 Å². The van der Waals surface area contributed by atoms with Gasteiger partial charge in [0.15, 0.2) is 0 Å². The Hall–Kier alpha value is -1.98. The van der Waals surface area contributed by atoms with E-state index in [1.165, 1.54) is 17.9 Å². The molecule has 1 aromatic carbocycles. The van der Waals surface area contributed by atoms with E-state index in [2.05, 4.69) is 0 Å². The lowest BCUT2D eigenvalue weighted by Gasteiger charge is -2.31. The van der Waals surface area contributed by atoms with Gasteiger partial charge >= 0.3 is 5.97 Å². The highest BCUT2D eigenvalue weighted by Crippen LogP contribution is 2.23. The van der Waals surface area contributed by atoms with Crippen molar-refractivity contribution in [1.29, 1.82) is 0 Å². The molecule has 0 spiro atoms. The van der Waals surface area contributed by atoms with Crippen LogP contribution in [0.15, 0.2) is 12.1 Å². The number of rotatable bonds is 4. The zero-order valence-corrected chi connectivity index (χ0v) is 14.3. The van der Waals surface area contributed by atoms with Gasteiger partial charge in [-0.1, -0.05) is 19.9 Å². The Morgan fingerprint density at radius 1 is 1.25 bits per heavy atom. The van der Waals surface area contributed by atoms with Crippen molar-refractivity contribution in [3.8, 4) is 0 Å². The van der Waals surface area contributed by atoms with E-state index in [4.69, 9.17) is 4.74 Å². The van der Waals surface area contributed by atoms with Crippen LogP contribution in [0.4, 0.5) is 8.78 Å². The molecule has 0 radical (unpaired) electrons. The van der Waals surface area contributed by atoms with Crippen LogP contribution in [-0.4, -0.2) is 36.5 Å². The van der Waals surface area contributed by atoms with Gasteiger partial charge in [0.25, 0.3) is 5.91 Å². The number of nitrogens with zero attached hydrogens (tertiary/aromatic N) is 1. The standard InChI is InChI=1S/C18H23F2NO3/c1-11(2)10-24-18(23)13-6-8-21(9-7-13)17(22)15-14(19)5-4-12(3)16(15)20/h4-5,11,13H,6-10H2,1-3H3. The van der Waals surface area contributed by atoms with Crippen LogP contribution >= 0.6 is 0 Å². The molecule has 1 heterocycles. The molecule has 1 saturated heterocycles. The van der Waals surface area contributed by atoms with E-state index in [0.717, 1.165) is 6.07 Å². The monoisotopic (exact) mass is 339 g/mol. The lowest BCUT2D eigenvalue weighted by Crippen LogP contribution is -2.41. The van der Waals surface area contributed by atoms with Crippen molar-refractivity contribution < 1.29 is 23.1 Å². The van der Waals surface area contributed by atoms with Crippen molar-refractivity contribution in [2.75, 3.05) is 19.7 Å². The SMILES string of the molecule is Cc1ccc(F)c(C(=O)N2CCC(C(=O)OCC(C)C)CC2)c1F. The van der Waals surface area contributed by atoms with Gasteiger partial charge in [-0.25, -0.2) is 8.78 Å². The number of benzene rings is 1. The minimum Gasteiger partial charge on any atom is -0.465 e. The van der Waals surface area contributed by atoms with E-state index >= 15 is 0 Å². The predicted octanol–water partition coefficient (Wildman–Crippen LogP) is 3.32.